The highest BCUT2D eigenvalue weighted by molar-refractivity contribution is 7.89. The van der Waals surface area contributed by atoms with E-state index in [-0.39, 0.29) is 23.0 Å². The zero-order valence-corrected chi connectivity index (χ0v) is 13.6. The third-order valence-electron chi connectivity index (χ3n) is 3.13. The molecule has 0 aliphatic heterocycles. The van der Waals surface area contributed by atoms with Crippen molar-refractivity contribution in [3.63, 3.8) is 0 Å². The molecular formula is C13H22N4O3S. The number of hydrogen-bond acceptors (Lipinski definition) is 5. The first-order chi connectivity index (χ1) is 9.70. The number of nitrogen functional groups attached to an aromatic ring is 1. The van der Waals surface area contributed by atoms with Crippen LogP contribution in [0.5, 0.6) is 0 Å². The lowest BCUT2D eigenvalue weighted by Crippen LogP contribution is -2.32. The summed E-state index contributed by atoms with van der Waals surface area (Å²) in [5.74, 6) is -0.0677. The quantitative estimate of drug-likeness (QED) is 0.742. The second kappa shape index (κ2) is 6.77. The summed E-state index contributed by atoms with van der Waals surface area (Å²) in [5, 5.41) is 2.91. The van der Waals surface area contributed by atoms with Crippen LogP contribution in [0.3, 0.4) is 0 Å². The van der Waals surface area contributed by atoms with Gasteiger partial charge in [-0.3, -0.25) is 4.79 Å². The molecule has 0 saturated heterocycles. The SMILES string of the molecule is CCN(C)C(=O)CNc1ccc(S(=O)(=O)N(C)C)cc1N. The maximum atomic E-state index is 12.0. The summed E-state index contributed by atoms with van der Waals surface area (Å²) in [6.45, 7) is 2.61. The van der Waals surface area contributed by atoms with Crippen LogP contribution in [-0.2, 0) is 14.8 Å². The van der Waals surface area contributed by atoms with Gasteiger partial charge in [0.15, 0.2) is 0 Å². The van der Waals surface area contributed by atoms with Gasteiger partial charge in [0.2, 0.25) is 15.9 Å². The first kappa shape index (κ1) is 17.3. The van der Waals surface area contributed by atoms with E-state index in [2.05, 4.69) is 5.32 Å². The van der Waals surface area contributed by atoms with Crippen molar-refractivity contribution in [1.29, 1.82) is 0 Å². The largest absolute Gasteiger partial charge is 0.397 e. The molecule has 0 fully saturated rings. The molecule has 1 amide bonds. The van der Waals surface area contributed by atoms with E-state index in [0.717, 1.165) is 4.31 Å². The molecule has 118 valence electrons. The first-order valence-corrected chi connectivity index (χ1v) is 7.94. The number of hydrogen-bond donors (Lipinski definition) is 2. The molecule has 0 spiro atoms. The Hall–Kier alpha value is -1.80. The van der Waals surface area contributed by atoms with Crippen molar-refractivity contribution in [2.75, 3.05) is 45.3 Å². The molecule has 0 heterocycles. The lowest BCUT2D eigenvalue weighted by Gasteiger charge is -2.17. The van der Waals surface area contributed by atoms with E-state index in [1.54, 1.807) is 18.0 Å². The molecule has 1 aromatic carbocycles. The van der Waals surface area contributed by atoms with Crippen molar-refractivity contribution in [3.05, 3.63) is 18.2 Å². The molecule has 21 heavy (non-hydrogen) atoms. The molecule has 0 bridgehead atoms. The Bertz CT molecular complexity index is 614. The van der Waals surface area contributed by atoms with E-state index >= 15 is 0 Å². The van der Waals surface area contributed by atoms with Crippen LogP contribution in [0.2, 0.25) is 0 Å². The summed E-state index contributed by atoms with van der Waals surface area (Å²) in [6.07, 6.45) is 0. The maximum Gasteiger partial charge on any atom is 0.242 e. The van der Waals surface area contributed by atoms with Gasteiger partial charge < -0.3 is 16.0 Å². The first-order valence-electron chi connectivity index (χ1n) is 6.50. The molecule has 0 radical (unpaired) electrons. The number of benzene rings is 1. The number of amides is 1. The van der Waals surface area contributed by atoms with Crippen LogP contribution in [0.25, 0.3) is 0 Å². The standard InChI is InChI=1S/C13H22N4O3S/c1-5-17(4)13(18)9-15-12-7-6-10(8-11(12)14)21(19,20)16(2)3/h6-8,15H,5,9,14H2,1-4H3. The molecule has 0 aromatic heterocycles. The van der Waals surface area contributed by atoms with Gasteiger partial charge in [-0.05, 0) is 25.1 Å². The van der Waals surface area contributed by atoms with Gasteiger partial charge in [0, 0.05) is 27.7 Å². The third-order valence-corrected chi connectivity index (χ3v) is 4.94. The number of anilines is 2. The molecule has 0 saturated carbocycles. The van der Waals surface area contributed by atoms with Crippen LogP contribution in [0.4, 0.5) is 11.4 Å². The average Bonchev–Trinajstić information content (AvgIpc) is 2.44. The van der Waals surface area contributed by atoms with E-state index in [0.29, 0.717) is 12.2 Å². The van der Waals surface area contributed by atoms with Gasteiger partial charge in [-0.2, -0.15) is 0 Å². The van der Waals surface area contributed by atoms with Gasteiger partial charge in [0.05, 0.1) is 22.8 Å². The summed E-state index contributed by atoms with van der Waals surface area (Å²) in [6, 6.07) is 4.40. The van der Waals surface area contributed by atoms with E-state index in [4.69, 9.17) is 5.73 Å². The van der Waals surface area contributed by atoms with E-state index in [1.807, 2.05) is 6.92 Å². The van der Waals surface area contributed by atoms with E-state index in [1.165, 1.54) is 26.2 Å². The number of rotatable bonds is 6. The highest BCUT2D eigenvalue weighted by Crippen LogP contribution is 2.23. The number of nitrogens with one attached hydrogen (secondary N) is 1. The van der Waals surface area contributed by atoms with Gasteiger partial charge in [0.1, 0.15) is 0 Å². The fourth-order valence-corrected chi connectivity index (χ4v) is 2.49. The number of sulfonamides is 1. The Morgan fingerprint density at radius 1 is 1.29 bits per heavy atom. The van der Waals surface area contributed by atoms with Gasteiger partial charge in [-0.25, -0.2) is 12.7 Å². The van der Waals surface area contributed by atoms with Crippen molar-refractivity contribution in [2.45, 2.75) is 11.8 Å². The lowest BCUT2D eigenvalue weighted by molar-refractivity contribution is -0.127. The number of likely N-dealkylation sites (N-methyl/N-ethyl adjacent to an activating group) is 1. The molecule has 8 heteroatoms. The maximum absolute atomic E-state index is 12.0. The molecule has 3 N–H and O–H groups in total. The molecule has 1 rings (SSSR count). The number of carbonyl (C=O) groups excluding carboxylic acids is 1. The fourth-order valence-electron chi connectivity index (χ4n) is 1.56. The van der Waals surface area contributed by atoms with Crippen molar-refractivity contribution in [3.8, 4) is 0 Å². The fraction of sp³-hybridized carbons (Fsp3) is 0.462. The highest BCUT2D eigenvalue weighted by Gasteiger charge is 2.18. The number of nitrogens with two attached hydrogens (primary N) is 1. The van der Waals surface area contributed by atoms with Crippen molar-refractivity contribution in [1.82, 2.24) is 9.21 Å². The van der Waals surface area contributed by atoms with E-state index < -0.39 is 10.0 Å². The molecule has 1 aromatic rings. The van der Waals surface area contributed by atoms with Gasteiger partial charge in [-0.1, -0.05) is 0 Å². The zero-order valence-electron chi connectivity index (χ0n) is 12.8. The minimum absolute atomic E-state index is 0.0677. The van der Waals surface area contributed by atoms with Gasteiger partial charge in [0.25, 0.3) is 0 Å². The highest BCUT2D eigenvalue weighted by atomic mass is 32.2. The van der Waals surface area contributed by atoms with Crippen LogP contribution in [0.1, 0.15) is 6.92 Å². The zero-order chi connectivity index (χ0) is 16.2. The molecule has 0 unspecified atom stereocenters. The van der Waals surface area contributed by atoms with E-state index in [9.17, 15) is 13.2 Å². The molecule has 0 aliphatic carbocycles. The predicted molar refractivity (Wildman–Crippen MR) is 83.5 cm³/mol. The third kappa shape index (κ3) is 4.08. The Labute approximate surface area is 125 Å². The normalized spacial score (nSPS) is 11.5. The van der Waals surface area contributed by atoms with Crippen LogP contribution >= 0.6 is 0 Å². The minimum atomic E-state index is -3.51. The van der Waals surface area contributed by atoms with Crippen molar-refractivity contribution < 1.29 is 13.2 Å². The van der Waals surface area contributed by atoms with Crippen LogP contribution in [0.15, 0.2) is 23.1 Å². The molecule has 7 nitrogen and oxygen atoms in total. The number of carbonyl (C=O) groups is 1. The molecule has 0 atom stereocenters. The van der Waals surface area contributed by atoms with Crippen molar-refractivity contribution >= 4 is 27.3 Å². The smallest absolute Gasteiger partial charge is 0.242 e. The van der Waals surface area contributed by atoms with Gasteiger partial charge in [-0.15, -0.1) is 0 Å². The second-order valence-corrected chi connectivity index (χ2v) is 6.95. The summed E-state index contributed by atoms with van der Waals surface area (Å²) >= 11 is 0. The van der Waals surface area contributed by atoms with Crippen molar-refractivity contribution in [2.24, 2.45) is 0 Å². The van der Waals surface area contributed by atoms with Crippen LogP contribution < -0.4 is 11.1 Å². The summed E-state index contributed by atoms with van der Waals surface area (Å²) in [5.41, 5.74) is 6.66. The topological polar surface area (TPSA) is 95.7 Å². The van der Waals surface area contributed by atoms with Crippen LogP contribution in [-0.4, -0.2) is 57.8 Å². The predicted octanol–water partition coefficient (Wildman–Crippen LogP) is 0.409. The Morgan fingerprint density at radius 2 is 1.90 bits per heavy atom. The monoisotopic (exact) mass is 314 g/mol. The Kier molecular flexibility index (Phi) is 5.56. The second-order valence-electron chi connectivity index (χ2n) is 4.80. The summed E-state index contributed by atoms with van der Waals surface area (Å²) in [4.78, 5) is 13.4. The number of nitrogens with zero attached hydrogens (tertiary/aromatic N) is 2. The average molecular weight is 314 g/mol. The molecular weight excluding hydrogens is 292 g/mol. The minimum Gasteiger partial charge on any atom is -0.397 e. The Balaban J connectivity index is 2.88. The van der Waals surface area contributed by atoms with Crippen LogP contribution in [0, 0.1) is 0 Å². The molecule has 0 aliphatic rings. The summed E-state index contributed by atoms with van der Waals surface area (Å²) in [7, 11) is 1.10. The van der Waals surface area contributed by atoms with Gasteiger partial charge >= 0.3 is 0 Å². The Morgan fingerprint density at radius 3 is 2.38 bits per heavy atom. The summed E-state index contributed by atoms with van der Waals surface area (Å²) < 4.78 is 25.1. The lowest BCUT2D eigenvalue weighted by atomic mass is 10.2.